The van der Waals surface area contributed by atoms with Gasteiger partial charge < -0.3 is 11.1 Å². The van der Waals surface area contributed by atoms with Gasteiger partial charge in [-0.25, -0.2) is 0 Å². The van der Waals surface area contributed by atoms with Crippen molar-refractivity contribution in [3.63, 3.8) is 0 Å². The number of nitrogens with zero attached hydrogens (tertiary/aromatic N) is 1. The van der Waals surface area contributed by atoms with Gasteiger partial charge in [-0.1, -0.05) is 13.0 Å². The number of nitrogens with two attached hydrogens (primary N) is 1. The first kappa shape index (κ1) is 15.1. The van der Waals surface area contributed by atoms with Gasteiger partial charge in [0, 0.05) is 12.0 Å². The van der Waals surface area contributed by atoms with Crippen molar-refractivity contribution in [1.82, 2.24) is 0 Å². The maximum absolute atomic E-state index is 11.9. The van der Waals surface area contributed by atoms with Crippen LogP contribution in [0.1, 0.15) is 25.3 Å². The van der Waals surface area contributed by atoms with Crippen molar-refractivity contribution in [1.29, 1.82) is 0 Å². The smallest absolute Gasteiger partial charge is 0.292 e. The van der Waals surface area contributed by atoms with Crippen LogP contribution in [0.3, 0.4) is 0 Å². The molecule has 6 nitrogen and oxygen atoms in total. The fraction of sp³-hybridized carbons (Fsp3) is 0.462. The van der Waals surface area contributed by atoms with Gasteiger partial charge in [-0.3, -0.25) is 14.9 Å². The molecule has 0 aliphatic carbocycles. The van der Waals surface area contributed by atoms with Crippen molar-refractivity contribution >= 4 is 17.3 Å². The number of nitro benzene ring substituents is 1. The molecular formula is C13H19N3O3. The molecule has 0 fully saturated rings. The van der Waals surface area contributed by atoms with Gasteiger partial charge in [0.05, 0.1) is 4.92 Å². The third-order valence-electron chi connectivity index (χ3n) is 2.90. The van der Waals surface area contributed by atoms with Gasteiger partial charge in [0.2, 0.25) is 5.91 Å². The summed E-state index contributed by atoms with van der Waals surface area (Å²) in [7, 11) is 0. The van der Waals surface area contributed by atoms with Crippen LogP contribution < -0.4 is 11.1 Å². The van der Waals surface area contributed by atoms with Crippen molar-refractivity contribution in [3.05, 3.63) is 33.9 Å². The van der Waals surface area contributed by atoms with E-state index in [0.29, 0.717) is 13.0 Å². The number of carbonyl (C=O) groups is 1. The summed E-state index contributed by atoms with van der Waals surface area (Å²) in [6.07, 6.45) is 1.42. The van der Waals surface area contributed by atoms with Crippen LogP contribution in [0.2, 0.25) is 0 Å². The van der Waals surface area contributed by atoms with Crippen LogP contribution in [-0.2, 0) is 4.79 Å². The first-order valence-corrected chi connectivity index (χ1v) is 6.21. The van der Waals surface area contributed by atoms with E-state index in [-0.39, 0.29) is 23.2 Å². The molecule has 0 radical (unpaired) electrons. The van der Waals surface area contributed by atoms with Crippen LogP contribution in [0.25, 0.3) is 0 Å². The third kappa shape index (κ3) is 4.33. The van der Waals surface area contributed by atoms with Gasteiger partial charge in [-0.15, -0.1) is 0 Å². The monoisotopic (exact) mass is 265 g/mol. The molecule has 0 bridgehead atoms. The van der Waals surface area contributed by atoms with Gasteiger partial charge in [0.25, 0.3) is 5.69 Å². The molecule has 0 saturated carbocycles. The summed E-state index contributed by atoms with van der Waals surface area (Å²) in [4.78, 5) is 22.3. The fourth-order valence-corrected chi connectivity index (χ4v) is 1.72. The Labute approximate surface area is 112 Å². The van der Waals surface area contributed by atoms with E-state index in [2.05, 4.69) is 5.32 Å². The SMILES string of the molecule is Cc1ccc([N+](=O)[O-])c(NC(=O)C(C)CCCN)c1. The Morgan fingerprint density at radius 1 is 1.53 bits per heavy atom. The number of anilines is 1. The average molecular weight is 265 g/mol. The quantitative estimate of drug-likeness (QED) is 0.608. The van der Waals surface area contributed by atoms with E-state index in [1.807, 2.05) is 6.92 Å². The molecule has 0 spiro atoms. The molecule has 1 unspecified atom stereocenters. The highest BCUT2D eigenvalue weighted by atomic mass is 16.6. The van der Waals surface area contributed by atoms with Crippen molar-refractivity contribution in [2.24, 2.45) is 11.7 Å². The molecule has 0 aliphatic rings. The Hall–Kier alpha value is -1.95. The lowest BCUT2D eigenvalue weighted by molar-refractivity contribution is -0.383. The van der Waals surface area contributed by atoms with E-state index < -0.39 is 4.92 Å². The Kier molecular flexibility index (Phi) is 5.44. The number of carbonyl (C=O) groups excluding carboxylic acids is 1. The predicted octanol–water partition coefficient (Wildman–Crippen LogP) is 2.22. The van der Waals surface area contributed by atoms with E-state index >= 15 is 0 Å². The summed E-state index contributed by atoms with van der Waals surface area (Å²) in [5.74, 6) is -0.439. The minimum atomic E-state index is -0.500. The highest BCUT2D eigenvalue weighted by Crippen LogP contribution is 2.26. The fourth-order valence-electron chi connectivity index (χ4n) is 1.72. The van der Waals surface area contributed by atoms with Gasteiger partial charge in [0.1, 0.15) is 5.69 Å². The minimum absolute atomic E-state index is 0.0926. The van der Waals surface area contributed by atoms with E-state index in [1.165, 1.54) is 6.07 Å². The molecule has 104 valence electrons. The number of hydrogen-bond acceptors (Lipinski definition) is 4. The molecule has 19 heavy (non-hydrogen) atoms. The number of nitro groups is 1. The zero-order chi connectivity index (χ0) is 14.4. The zero-order valence-corrected chi connectivity index (χ0v) is 11.2. The lowest BCUT2D eigenvalue weighted by Crippen LogP contribution is -2.21. The molecule has 0 saturated heterocycles. The lowest BCUT2D eigenvalue weighted by Gasteiger charge is -2.12. The van der Waals surface area contributed by atoms with Crippen LogP contribution >= 0.6 is 0 Å². The number of benzene rings is 1. The number of amides is 1. The van der Waals surface area contributed by atoms with Crippen LogP contribution in [0.4, 0.5) is 11.4 Å². The highest BCUT2D eigenvalue weighted by Gasteiger charge is 2.18. The summed E-state index contributed by atoms with van der Waals surface area (Å²) in [5, 5.41) is 13.5. The molecule has 1 atom stereocenters. The van der Waals surface area contributed by atoms with Gasteiger partial charge >= 0.3 is 0 Å². The number of rotatable bonds is 6. The number of hydrogen-bond donors (Lipinski definition) is 2. The predicted molar refractivity (Wildman–Crippen MR) is 73.9 cm³/mol. The lowest BCUT2D eigenvalue weighted by atomic mass is 10.0. The summed E-state index contributed by atoms with van der Waals surface area (Å²) < 4.78 is 0. The van der Waals surface area contributed by atoms with Gasteiger partial charge in [-0.05, 0) is 37.9 Å². The second-order valence-corrected chi connectivity index (χ2v) is 4.60. The third-order valence-corrected chi connectivity index (χ3v) is 2.90. The van der Waals surface area contributed by atoms with Crippen molar-refractivity contribution < 1.29 is 9.72 Å². The molecule has 6 heteroatoms. The first-order valence-electron chi connectivity index (χ1n) is 6.21. The van der Waals surface area contributed by atoms with Crippen LogP contribution in [-0.4, -0.2) is 17.4 Å². The topological polar surface area (TPSA) is 98.3 Å². The summed E-state index contributed by atoms with van der Waals surface area (Å²) in [5.41, 5.74) is 6.40. The molecule has 1 rings (SSSR count). The van der Waals surface area contributed by atoms with E-state index in [4.69, 9.17) is 5.73 Å². The first-order chi connectivity index (χ1) is 8.95. The molecular weight excluding hydrogens is 246 g/mol. The molecule has 0 heterocycles. The maximum atomic E-state index is 11.9. The van der Waals surface area contributed by atoms with Gasteiger partial charge in [0.15, 0.2) is 0 Å². The molecule has 3 N–H and O–H groups in total. The normalized spacial score (nSPS) is 11.9. The number of aryl methyl sites for hydroxylation is 1. The van der Waals surface area contributed by atoms with Crippen molar-refractivity contribution in [2.45, 2.75) is 26.7 Å². The van der Waals surface area contributed by atoms with Gasteiger partial charge in [-0.2, -0.15) is 0 Å². The Balaban J connectivity index is 2.83. The molecule has 1 aromatic carbocycles. The number of nitrogens with one attached hydrogen (secondary N) is 1. The summed E-state index contributed by atoms with van der Waals surface area (Å²) >= 11 is 0. The largest absolute Gasteiger partial charge is 0.330 e. The van der Waals surface area contributed by atoms with E-state index in [1.54, 1.807) is 19.1 Å². The van der Waals surface area contributed by atoms with E-state index in [9.17, 15) is 14.9 Å². The highest BCUT2D eigenvalue weighted by molar-refractivity contribution is 5.94. The summed E-state index contributed by atoms with van der Waals surface area (Å²) in [6.45, 7) is 4.13. The minimum Gasteiger partial charge on any atom is -0.330 e. The maximum Gasteiger partial charge on any atom is 0.292 e. The molecule has 1 aromatic rings. The molecule has 0 aliphatic heterocycles. The second kappa shape index (κ2) is 6.84. The van der Waals surface area contributed by atoms with Crippen molar-refractivity contribution in [3.8, 4) is 0 Å². The van der Waals surface area contributed by atoms with Crippen LogP contribution in [0.5, 0.6) is 0 Å². The van der Waals surface area contributed by atoms with Crippen molar-refractivity contribution in [2.75, 3.05) is 11.9 Å². The molecule has 0 aromatic heterocycles. The molecule has 1 amide bonds. The Bertz CT molecular complexity index is 474. The Morgan fingerprint density at radius 2 is 2.21 bits per heavy atom. The average Bonchev–Trinajstić information content (AvgIpc) is 2.35. The van der Waals surface area contributed by atoms with Crippen LogP contribution in [0, 0.1) is 23.0 Å². The zero-order valence-electron chi connectivity index (χ0n) is 11.2. The Morgan fingerprint density at radius 3 is 2.79 bits per heavy atom. The van der Waals surface area contributed by atoms with E-state index in [0.717, 1.165) is 12.0 Å². The summed E-state index contributed by atoms with van der Waals surface area (Å²) in [6, 6.07) is 4.65. The van der Waals surface area contributed by atoms with Crippen LogP contribution in [0.15, 0.2) is 18.2 Å². The standard InChI is InChI=1S/C13H19N3O3/c1-9-5-6-12(16(18)19)11(8-9)15-13(17)10(2)4-3-7-14/h5-6,8,10H,3-4,7,14H2,1-2H3,(H,15,17). The second-order valence-electron chi connectivity index (χ2n) is 4.60.